The van der Waals surface area contributed by atoms with Crippen molar-refractivity contribution in [3.05, 3.63) is 12.4 Å². The molecule has 3 heterocycles. The van der Waals surface area contributed by atoms with Gasteiger partial charge < -0.3 is 15.0 Å². The van der Waals surface area contributed by atoms with E-state index in [0.717, 1.165) is 6.54 Å². The average molecular weight is 400 g/mol. The van der Waals surface area contributed by atoms with E-state index in [0.29, 0.717) is 57.3 Å². The molecule has 0 saturated carbocycles. The molecule has 0 spiro atoms. The first kappa shape index (κ1) is 20.1. The SMILES string of the molecule is CC(C)Cn1cc(NC(=O)N2CCCC(S(=O)(=O)N3CCOCC3)C2)cn1. The van der Waals surface area contributed by atoms with Gasteiger partial charge in [-0.25, -0.2) is 13.2 Å². The first-order valence-electron chi connectivity index (χ1n) is 9.51. The van der Waals surface area contributed by atoms with Crippen molar-refractivity contribution in [3.63, 3.8) is 0 Å². The number of hydrogen-bond donors (Lipinski definition) is 1. The van der Waals surface area contributed by atoms with Gasteiger partial charge >= 0.3 is 6.03 Å². The van der Waals surface area contributed by atoms with Gasteiger partial charge in [0.25, 0.3) is 0 Å². The summed E-state index contributed by atoms with van der Waals surface area (Å²) in [6.45, 7) is 7.38. The molecule has 1 N–H and O–H groups in total. The second-order valence-corrected chi connectivity index (χ2v) is 9.75. The van der Waals surface area contributed by atoms with Crippen LogP contribution in [0.25, 0.3) is 0 Å². The average Bonchev–Trinajstić information content (AvgIpc) is 3.08. The quantitative estimate of drug-likeness (QED) is 0.802. The molecule has 2 aliphatic heterocycles. The fourth-order valence-corrected chi connectivity index (χ4v) is 5.39. The summed E-state index contributed by atoms with van der Waals surface area (Å²) in [7, 11) is -3.42. The van der Waals surface area contributed by atoms with E-state index in [-0.39, 0.29) is 12.6 Å². The molecule has 2 aliphatic rings. The Morgan fingerprint density at radius 3 is 2.78 bits per heavy atom. The number of hydrogen-bond acceptors (Lipinski definition) is 5. The molecule has 1 unspecified atom stereocenters. The lowest BCUT2D eigenvalue weighted by molar-refractivity contribution is 0.0721. The number of piperidine rings is 1. The summed E-state index contributed by atoms with van der Waals surface area (Å²) in [5.41, 5.74) is 0.624. The van der Waals surface area contributed by atoms with Crippen LogP contribution in [0.15, 0.2) is 12.4 Å². The van der Waals surface area contributed by atoms with Gasteiger partial charge in [0.05, 0.1) is 30.3 Å². The molecule has 152 valence electrons. The number of nitrogens with zero attached hydrogens (tertiary/aromatic N) is 4. The molecule has 2 amide bonds. The molecule has 2 saturated heterocycles. The number of carbonyl (C=O) groups is 1. The fraction of sp³-hybridized carbons (Fsp3) is 0.765. The van der Waals surface area contributed by atoms with Crippen LogP contribution in [0.5, 0.6) is 0 Å². The van der Waals surface area contributed by atoms with Crippen molar-refractivity contribution >= 4 is 21.7 Å². The Balaban J connectivity index is 1.60. The molecule has 1 atom stereocenters. The predicted octanol–water partition coefficient (Wildman–Crippen LogP) is 1.20. The number of nitrogens with one attached hydrogen (secondary N) is 1. The largest absolute Gasteiger partial charge is 0.379 e. The van der Waals surface area contributed by atoms with Gasteiger partial charge in [0.2, 0.25) is 10.0 Å². The van der Waals surface area contributed by atoms with Crippen LogP contribution in [-0.2, 0) is 21.3 Å². The Labute approximate surface area is 160 Å². The van der Waals surface area contributed by atoms with Crippen molar-refractivity contribution in [2.75, 3.05) is 44.7 Å². The third-order valence-electron chi connectivity index (χ3n) is 4.85. The summed E-state index contributed by atoms with van der Waals surface area (Å²) in [6, 6.07) is -0.277. The lowest BCUT2D eigenvalue weighted by Crippen LogP contribution is -2.52. The molecule has 10 heteroatoms. The highest BCUT2D eigenvalue weighted by Crippen LogP contribution is 2.22. The first-order chi connectivity index (χ1) is 12.9. The van der Waals surface area contributed by atoms with Crippen LogP contribution < -0.4 is 5.32 Å². The number of urea groups is 1. The molecular formula is C17H29N5O4S. The number of amides is 2. The van der Waals surface area contributed by atoms with Crippen LogP contribution in [0.1, 0.15) is 26.7 Å². The Kier molecular flexibility index (Phi) is 6.38. The van der Waals surface area contributed by atoms with Crippen LogP contribution >= 0.6 is 0 Å². The van der Waals surface area contributed by atoms with Gasteiger partial charge in [0.1, 0.15) is 0 Å². The van der Waals surface area contributed by atoms with Gasteiger partial charge in [-0.2, -0.15) is 9.40 Å². The number of ether oxygens (including phenoxy) is 1. The van der Waals surface area contributed by atoms with Crippen molar-refractivity contribution in [3.8, 4) is 0 Å². The molecule has 27 heavy (non-hydrogen) atoms. The highest BCUT2D eigenvalue weighted by molar-refractivity contribution is 7.89. The Hall–Kier alpha value is -1.65. The number of sulfonamides is 1. The number of rotatable bonds is 5. The number of anilines is 1. The van der Waals surface area contributed by atoms with Crippen molar-refractivity contribution < 1.29 is 17.9 Å². The first-order valence-corrected chi connectivity index (χ1v) is 11.0. The minimum absolute atomic E-state index is 0.214. The molecule has 3 rings (SSSR count). The standard InChI is InChI=1S/C17H29N5O4S/c1-14(2)11-21-12-15(10-18-21)19-17(23)20-5-3-4-16(13-20)27(24,25)22-6-8-26-9-7-22/h10,12,14,16H,3-9,11,13H2,1-2H3,(H,19,23). The monoisotopic (exact) mass is 399 g/mol. The highest BCUT2D eigenvalue weighted by Gasteiger charge is 2.37. The third-order valence-corrected chi connectivity index (χ3v) is 7.17. The van der Waals surface area contributed by atoms with Crippen LogP contribution in [0, 0.1) is 5.92 Å². The number of aromatic nitrogens is 2. The van der Waals surface area contributed by atoms with E-state index >= 15 is 0 Å². The van der Waals surface area contributed by atoms with Crippen molar-refractivity contribution in [1.29, 1.82) is 0 Å². The lowest BCUT2D eigenvalue weighted by Gasteiger charge is -2.36. The molecular weight excluding hydrogens is 370 g/mol. The van der Waals surface area contributed by atoms with Gasteiger partial charge in [-0.1, -0.05) is 13.8 Å². The van der Waals surface area contributed by atoms with E-state index in [4.69, 9.17) is 4.74 Å². The topological polar surface area (TPSA) is 96.8 Å². The van der Waals surface area contributed by atoms with Gasteiger partial charge in [-0.3, -0.25) is 4.68 Å². The maximum absolute atomic E-state index is 12.9. The molecule has 0 aromatic carbocycles. The molecule has 1 aromatic rings. The normalized spacial score (nSPS) is 22.2. The molecule has 0 bridgehead atoms. The smallest absolute Gasteiger partial charge is 0.321 e. The van der Waals surface area contributed by atoms with E-state index < -0.39 is 15.3 Å². The zero-order valence-electron chi connectivity index (χ0n) is 16.0. The second kappa shape index (κ2) is 8.57. The molecule has 9 nitrogen and oxygen atoms in total. The van der Waals surface area contributed by atoms with E-state index in [1.54, 1.807) is 22.0 Å². The minimum atomic E-state index is -3.42. The van der Waals surface area contributed by atoms with Crippen LogP contribution in [0.3, 0.4) is 0 Å². The molecule has 0 aliphatic carbocycles. The van der Waals surface area contributed by atoms with Crippen molar-refractivity contribution in [2.45, 2.75) is 38.5 Å². The van der Waals surface area contributed by atoms with E-state index in [9.17, 15) is 13.2 Å². The van der Waals surface area contributed by atoms with Gasteiger partial charge in [0.15, 0.2) is 0 Å². The lowest BCUT2D eigenvalue weighted by atomic mass is 10.1. The summed E-state index contributed by atoms with van der Waals surface area (Å²) in [5, 5.41) is 6.51. The van der Waals surface area contributed by atoms with E-state index in [1.807, 2.05) is 0 Å². The van der Waals surface area contributed by atoms with Crippen LogP contribution in [0.2, 0.25) is 0 Å². The number of morpholine rings is 1. The third kappa shape index (κ3) is 4.99. The Bertz CT molecular complexity index is 742. The summed E-state index contributed by atoms with van der Waals surface area (Å²) in [5.74, 6) is 0.460. The van der Waals surface area contributed by atoms with Crippen molar-refractivity contribution in [1.82, 2.24) is 19.0 Å². The Morgan fingerprint density at radius 1 is 1.33 bits per heavy atom. The van der Waals surface area contributed by atoms with E-state index in [2.05, 4.69) is 24.3 Å². The highest BCUT2D eigenvalue weighted by atomic mass is 32.2. The van der Waals surface area contributed by atoms with Gasteiger partial charge in [-0.15, -0.1) is 0 Å². The fourth-order valence-electron chi connectivity index (χ4n) is 3.48. The minimum Gasteiger partial charge on any atom is -0.379 e. The summed E-state index contributed by atoms with van der Waals surface area (Å²) in [6.07, 6.45) is 4.67. The van der Waals surface area contributed by atoms with Crippen molar-refractivity contribution in [2.24, 2.45) is 5.92 Å². The Morgan fingerprint density at radius 2 is 2.07 bits per heavy atom. The molecule has 2 fully saturated rings. The van der Waals surface area contributed by atoms with Crippen LogP contribution in [-0.4, -0.2) is 78.1 Å². The molecule has 1 aromatic heterocycles. The van der Waals surface area contributed by atoms with Gasteiger partial charge in [0, 0.05) is 38.9 Å². The summed E-state index contributed by atoms with van der Waals surface area (Å²) < 4.78 is 34.3. The molecule has 0 radical (unpaired) electrons. The maximum Gasteiger partial charge on any atom is 0.321 e. The van der Waals surface area contributed by atoms with E-state index in [1.165, 1.54) is 4.31 Å². The van der Waals surface area contributed by atoms with Crippen LogP contribution in [0.4, 0.5) is 10.5 Å². The zero-order valence-corrected chi connectivity index (χ0v) is 16.8. The zero-order chi connectivity index (χ0) is 19.4. The maximum atomic E-state index is 12.9. The number of likely N-dealkylation sites (tertiary alicyclic amines) is 1. The van der Waals surface area contributed by atoms with Gasteiger partial charge in [-0.05, 0) is 18.8 Å². The number of carbonyl (C=O) groups excluding carboxylic acids is 1. The second-order valence-electron chi connectivity index (χ2n) is 7.54. The summed E-state index contributed by atoms with van der Waals surface area (Å²) in [4.78, 5) is 14.2. The predicted molar refractivity (Wildman–Crippen MR) is 102 cm³/mol. The summed E-state index contributed by atoms with van der Waals surface area (Å²) >= 11 is 0.